The van der Waals surface area contributed by atoms with Crippen molar-refractivity contribution in [1.82, 2.24) is 4.98 Å². The largest absolute Gasteiger partial charge is 0.492 e. The van der Waals surface area contributed by atoms with Crippen molar-refractivity contribution in [3.8, 4) is 5.75 Å². The maximum absolute atomic E-state index is 5.59. The molecule has 0 atom stereocenters. The van der Waals surface area contributed by atoms with Gasteiger partial charge in [0.05, 0.1) is 6.61 Å². The summed E-state index contributed by atoms with van der Waals surface area (Å²) in [5.74, 6) is 7.08. The molecule has 1 heterocycles. The fraction of sp³-hybridized carbons (Fsp3) is 0.357. The van der Waals surface area contributed by atoms with Crippen LogP contribution in [0.25, 0.3) is 10.9 Å². The third-order valence-electron chi connectivity index (χ3n) is 2.84. The van der Waals surface area contributed by atoms with E-state index >= 15 is 0 Å². The zero-order valence-electron chi connectivity index (χ0n) is 10.9. The summed E-state index contributed by atoms with van der Waals surface area (Å²) in [5.41, 5.74) is 4.67. The third-order valence-corrected chi connectivity index (χ3v) is 2.84. The molecule has 3 N–H and O–H groups in total. The van der Waals surface area contributed by atoms with Crippen LogP contribution < -0.4 is 16.0 Å². The number of pyridine rings is 1. The van der Waals surface area contributed by atoms with Gasteiger partial charge in [-0.1, -0.05) is 25.5 Å². The molecule has 0 bridgehead atoms. The summed E-state index contributed by atoms with van der Waals surface area (Å²) in [6.45, 7) is 4.73. The van der Waals surface area contributed by atoms with Gasteiger partial charge in [0.1, 0.15) is 17.1 Å². The van der Waals surface area contributed by atoms with E-state index in [2.05, 4.69) is 23.4 Å². The summed E-state index contributed by atoms with van der Waals surface area (Å²) >= 11 is 0. The summed E-state index contributed by atoms with van der Waals surface area (Å²) in [6, 6.07) is 8.09. The quantitative estimate of drug-likeness (QED) is 0.628. The minimum atomic E-state index is 0.628. The van der Waals surface area contributed by atoms with E-state index in [1.165, 1.54) is 0 Å². The van der Waals surface area contributed by atoms with E-state index in [1.807, 2.05) is 25.1 Å². The normalized spacial score (nSPS) is 10.6. The Balaban J connectivity index is 2.58. The minimum Gasteiger partial charge on any atom is -0.492 e. The van der Waals surface area contributed by atoms with Crippen LogP contribution in [-0.4, -0.2) is 11.6 Å². The average Bonchev–Trinajstić information content (AvgIpc) is 2.39. The van der Waals surface area contributed by atoms with Crippen LogP contribution in [0.1, 0.15) is 25.8 Å². The maximum Gasteiger partial charge on any atom is 0.145 e. The Bertz CT molecular complexity index is 540. The van der Waals surface area contributed by atoms with E-state index in [1.54, 1.807) is 0 Å². The molecule has 2 aromatic rings. The lowest BCUT2D eigenvalue weighted by atomic mass is 10.1. The molecule has 4 heteroatoms. The van der Waals surface area contributed by atoms with E-state index in [-0.39, 0.29) is 0 Å². The third kappa shape index (κ3) is 2.38. The van der Waals surface area contributed by atoms with Crippen LogP contribution >= 0.6 is 0 Å². The van der Waals surface area contributed by atoms with Crippen molar-refractivity contribution < 1.29 is 4.74 Å². The van der Waals surface area contributed by atoms with Crippen molar-refractivity contribution in [1.29, 1.82) is 0 Å². The first kappa shape index (κ1) is 12.6. The fourth-order valence-electron chi connectivity index (χ4n) is 2.07. The second-order valence-corrected chi connectivity index (χ2v) is 4.15. The Kier molecular flexibility index (Phi) is 3.99. The minimum absolute atomic E-state index is 0.628. The molecule has 1 aromatic heterocycles. The first-order valence-corrected chi connectivity index (χ1v) is 6.32. The number of hydrazine groups is 1. The van der Waals surface area contributed by atoms with Crippen LogP contribution in [-0.2, 0) is 6.42 Å². The van der Waals surface area contributed by atoms with Gasteiger partial charge in [-0.3, -0.25) is 0 Å². The monoisotopic (exact) mass is 245 g/mol. The molecule has 0 radical (unpaired) electrons. The molecule has 0 aliphatic rings. The van der Waals surface area contributed by atoms with Crippen LogP contribution in [0, 0.1) is 0 Å². The Morgan fingerprint density at radius 1 is 1.33 bits per heavy atom. The number of anilines is 1. The van der Waals surface area contributed by atoms with Crippen molar-refractivity contribution in [3.63, 3.8) is 0 Å². The predicted molar refractivity (Wildman–Crippen MR) is 74.7 cm³/mol. The second-order valence-electron chi connectivity index (χ2n) is 4.15. The Labute approximate surface area is 107 Å². The molecule has 18 heavy (non-hydrogen) atoms. The highest BCUT2D eigenvalue weighted by atomic mass is 16.5. The second kappa shape index (κ2) is 5.69. The highest BCUT2D eigenvalue weighted by Crippen LogP contribution is 2.28. The van der Waals surface area contributed by atoms with Crippen molar-refractivity contribution >= 4 is 16.7 Å². The summed E-state index contributed by atoms with van der Waals surface area (Å²) in [5, 5.41) is 1.09. The first-order chi connectivity index (χ1) is 8.80. The van der Waals surface area contributed by atoms with Crippen LogP contribution in [0.15, 0.2) is 24.3 Å². The van der Waals surface area contributed by atoms with Crippen molar-refractivity contribution in [3.05, 3.63) is 29.8 Å². The van der Waals surface area contributed by atoms with Crippen molar-refractivity contribution in [2.24, 2.45) is 5.84 Å². The molecule has 2 rings (SSSR count). The number of fused-ring (bicyclic) bond motifs is 1. The van der Waals surface area contributed by atoms with Gasteiger partial charge < -0.3 is 10.2 Å². The predicted octanol–water partition coefficient (Wildman–Crippen LogP) is 2.87. The number of nitrogens with two attached hydrogens (primary N) is 1. The number of nitrogens with zero attached hydrogens (tertiary/aromatic N) is 1. The lowest BCUT2D eigenvalue weighted by molar-refractivity contribution is 0.343. The highest BCUT2D eigenvalue weighted by Gasteiger charge is 2.09. The van der Waals surface area contributed by atoms with E-state index in [4.69, 9.17) is 10.6 Å². The molecule has 0 fully saturated rings. The Hall–Kier alpha value is -1.81. The van der Waals surface area contributed by atoms with Gasteiger partial charge in [-0.2, -0.15) is 0 Å². The van der Waals surface area contributed by atoms with Crippen LogP contribution in [0.2, 0.25) is 0 Å². The van der Waals surface area contributed by atoms with Crippen LogP contribution in [0.4, 0.5) is 5.82 Å². The molecule has 96 valence electrons. The lowest BCUT2D eigenvalue weighted by Crippen LogP contribution is -2.11. The number of rotatable bonds is 5. The van der Waals surface area contributed by atoms with E-state index in [0.717, 1.165) is 40.9 Å². The molecule has 0 aliphatic carbocycles. The summed E-state index contributed by atoms with van der Waals surface area (Å²) in [4.78, 5) is 4.57. The van der Waals surface area contributed by atoms with Gasteiger partial charge >= 0.3 is 0 Å². The number of hydrogen-bond donors (Lipinski definition) is 2. The van der Waals surface area contributed by atoms with E-state index in [9.17, 15) is 0 Å². The van der Waals surface area contributed by atoms with Gasteiger partial charge in [0.2, 0.25) is 0 Å². The number of ether oxygens (including phenoxy) is 1. The smallest absolute Gasteiger partial charge is 0.145 e. The zero-order chi connectivity index (χ0) is 13.0. The van der Waals surface area contributed by atoms with E-state index < -0.39 is 0 Å². The number of aryl methyl sites for hydroxylation is 1. The zero-order valence-corrected chi connectivity index (χ0v) is 10.9. The molecule has 0 saturated heterocycles. The standard InChI is InChI=1S/C14H19N3O/c1-3-6-11-9-10-7-5-8-12(18-4-2)13(10)16-14(11)17-15/h5,7-9H,3-4,6,15H2,1-2H3,(H,16,17). The first-order valence-electron chi connectivity index (χ1n) is 6.32. The van der Waals surface area contributed by atoms with Gasteiger partial charge in [-0.05, 0) is 31.0 Å². The van der Waals surface area contributed by atoms with Gasteiger partial charge in [-0.25, -0.2) is 10.8 Å². The highest BCUT2D eigenvalue weighted by molar-refractivity contribution is 5.87. The molecule has 1 aromatic carbocycles. The van der Waals surface area contributed by atoms with Gasteiger partial charge in [0.15, 0.2) is 0 Å². The van der Waals surface area contributed by atoms with Gasteiger partial charge in [0.25, 0.3) is 0 Å². The average molecular weight is 245 g/mol. The fourth-order valence-corrected chi connectivity index (χ4v) is 2.07. The van der Waals surface area contributed by atoms with E-state index in [0.29, 0.717) is 6.61 Å². The van der Waals surface area contributed by atoms with Crippen LogP contribution in [0.5, 0.6) is 5.75 Å². The number of aromatic nitrogens is 1. The summed E-state index contributed by atoms with van der Waals surface area (Å²) in [7, 11) is 0. The molecule has 0 saturated carbocycles. The topological polar surface area (TPSA) is 60.2 Å². The molecule has 0 amide bonds. The molecular formula is C14H19N3O. The number of para-hydroxylation sites is 1. The van der Waals surface area contributed by atoms with Crippen molar-refractivity contribution in [2.45, 2.75) is 26.7 Å². The molecule has 0 spiro atoms. The number of hydrogen-bond acceptors (Lipinski definition) is 4. The van der Waals surface area contributed by atoms with Gasteiger partial charge in [0, 0.05) is 5.39 Å². The van der Waals surface area contributed by atoms with Crippen molar-refractivity contribution in [2.75, 3.05) is 12.0 Å². The van der Waals surface area contributed by atoms with Crippen LogP contribution in [0.3, 0.4) is 0 Å². The maximum atomic E-state index is 5.59. The molecule has 4 nitrogen and oxygen atoms in total. The summed E-state index contributed by atoms with van der Waals surface area (Å²) < 4.78 is 5.59. The van der Waals surface area contributed by atoms with Gasteiger partial charge in [-0.15, -0.1) is 0 Å². The summed E-state index contributed by atoms with van der Waals surface area (Å²) in [6.07, 6.45) is 2.02. The number of benzene rings is 1. The molecular weight excluding hydrogens is 226 g/mol. The lowest BCUT2D eigenvalue weighted by Gasteiger charge is -2.12. The number of nitrogens with one attached hydrogen (secondary N) is 1. The molecule has 0 unspecified atom stereocenters. The molecule has 0 aliphatic heterocycles. The Morgan fingerprint density at radius 3 is 2.83 bits per heavy atom. The SMILES string of the molecule is CCCc1cc2cccc(OCC)c2nc1NN. The number of nitrogen functional groups attached to an aromatic ring is 1. The Morgan fingerprint density at radius 2 is 2.17 bits per heavy atom.